The Bertz CT molecular complexity index is 680. The molecular formula is C20H26N2O4. The number of fused-ring (bicyclic) bond motifs is 1. The highest BCUT2D eigenvalue weighted by Gasteiger charge is 2.29. The Balaban J connectivity index is 1.36. The first-order chi connectivity index (χ1) is 12.6. The van der Waals surface area contributed by atoms with Crippen LogP contribution in [0.4, 0.5) is 5.69 Å². The maximum absolute atomic E-state index is 12.4. The van der Waals surface area contributed by atoms with Crippen molar-refractivity contribution in [2.24, 2.45) is 11.8 Å². The molecule has 0 unspecified atom stereocenters. The Hall–Kier alpha value is -2.37. The SMILES string of the molecule is O=C(O)C1CCC(C(=O)NCCCC(=O)N2CCc3ccccc32)CC1. The maximum Gasteiger partial charge on any atom is 0.306 e. The van der Waals surface area contributed by atoms with Gasteiger partial charge >= 0.3 is 5.97 Å². The number of anilines is 1. The minimum atomic E-state index is -0.758. The molecule has 2 aliphatic rings. The van der Waals surface area contributed by atoms with E-state index >= 15 is 0 Å². The molecule has 1 fully saturated rings. The standard InChI is InChI=1S/C20H26N2O4/c23-18(22-13-11-14-4-1-2-5-17(14)22)6-3-12-21-19(24)15-7-9-16(10-8-15)20(25)26/h1-2,4-5,15-16H,3,6-13H2,(H,21,24)(H,25,26). The molecule has 2 amide bonds. The van der Waals surface area contributed by atoms with Gasteiger partial charge in [-0.05, 0) is 50.2 Å². The smallest absolute Gasteiger partial charge is 0.306 e. The number of benzene rings is 1. The Morgan fingerprint density at radius 3 is 2.50 bits per heavy atom. The normalized spacial score (nSPS) is 21.9. The molecule has 0 saturated heterocycles. The highest BCUT2D eigenvalue weighted by Crippen LogP contribution is 2.29. The summed E-state index contributed by atoms with van der Waals surface area (Å²) in [4.78, 5) is 37.4. The van der Waals surface area contributed by atoms with Crippen LogP contribution in [-0.4, -0.2) is 36.0 Å². The molecule has 0 radical (unpaired) electrons. The van der Waals surface area contributed by atoms with Gasteiger partial charge in [0.1, 0.15) is 0 Å². The second kappa shape index (κ2) is 8.34. The molecule has 6 heteroatoms. The van der Waals surface area contributed by atoms with E-state index in [1.165, 1.54) is 5.56 Å². The van der Waals surface area contributed by atoms with Gasteiger partial charge in [0.15, 0.2) is 0 Å². The fourth-order valence-electron chi connectivity index (χ4n) is 3.93. The van der Waals surface area contributed by atoms with Gasteiger partial charge < -0.3 is 15.3 Å². The van der Waals surface area contributed by atoms with Gasteiger partial charge in [0.25, 0.3) is 0 Å². The molecule has 1 aliphatic carbocycles. The number of carboxylic acid groups (broad SMARTS) is 1. The third-order valence-electron chi connectivity index (χ3n) is 5.50. The summed E-state index contributed by atoms with van der Waals surface area (Å²) in [6, 6.07) is 7.98. The lowest BCUT2D eigenvalue weighted by Gasteiger charge is -2.25. The molecular weight excluding hydrogens is 332 g/mol. The number of carboxylic acids is 1. The number of amides is 2. The fraction of sp³-hybridized carbons (Fsp3) is 0.550. The molecule has 3 rings (SSSR count). The molecule has 1 aromatic rings. The van der Waals surface area contributed by atoms with Crippen molar-refractivity contribution in [3.63, 3.8) is 0 Å². The van der Waals surface area contributed by atoms with E-state index in [0.717, 1.165) is 18.7 Å². The summed E-state index contributed by atoms with van der Waals surface area (Å²) < 4.78 is 0. The molecule has 6 nitrogen and oxygen atoms in total. The molecule has 0 aromatic heterocycles. The second-order valence-corrected chi connectivity index (χ2v) is 7.21. The number of nitrogens with zero attached hydrogens (tertiary/aromatic N) is 1. The van der Waals surface area contributed by atoms with E-state index < -0.39 is 5.97 Å². The zero-order valence-electron chi connectivity index (χ0n) is 14.9. The fourth-order valence-corrected chi connectivity index (χ4v) is 3.93. The van der Waals surface area contributed by atoms with Crippen LogP contribution in [0.3, 0.4) is 0 Å². The van der Waals surface area contributed by atoms with Crippen LogP contribution in [0.1, 0.15) is 44.1 Å². The van der Waals surface area contributed by atoms with Crippen LogP contribution in [0.2, 0.25) is 0 Å². The van der Waals surface area contributed by atoms with E-state index in [2.05, 4.69) is 11.4 Å². The third-order valence-corrected chi connectivity index (χ3v) is 5.50. The van der Waals surface area contributed by atoms with Crippen LogP contribution in [0, 0.1) is 11.8 Å². The van der Waals surface area contributed by atoms with Crippen molar-refractivity contribution >= 4 is 23.5 Å². The second-order valence-electron chi connectivity index (χ2n) is 7.21. The lowest BCUT2D eigenvalue weighted by Crippen LogP contribution is -2.35. The number of hydrogen-bond donors (Lipinski definition) is 2. The van der Waals surface area contributed by atoms with Crippen LogP contribution in [0.15, 0.2) is 24.3 Å². The molecule has 2 N–H and O–H groups in total. The lowest BCUT2D eigenvalue weighted by molar-refractivity contribution is -0.144. The number of hydrogen-bond acceptors (Lipinski definition) is 3. The zero-order chi connectivity index (χ0) is 18.5. The van der Waals surface area contributed by atoms with E-state index in [-0.39, 0.29) is 23.7 Å². The molecule has 0 spiro atoms. The summed E-state index contributed by atoms with van der Waals surface area (Å²) in [7, 11) is 0. The molecule has 1 heterocycles. The van der Waals surface area contributed by atoms with Crippen molar-refractivity contribution in [3.05, 3.63) is 29.8 Å². The van der Waals surface area contributed by atoms with Crippen molar-refractivity contribution in [3.8, 4) is 0 Å². The topological polar surface area (TPSA) is 86.7 Å². The Labute approximate surface area is 153 Å². The highest BCUT2D eigenvalue weighted by atomic mass is 16.4. The Morgan fingerprint density at radius 1 is 1.08 bits per heavy atom. The minimum absolute atomic E-state index is 0.00666. The van der Waals surface area contributed by atoms with Gasteiger partial charge in [-0.25, -0.2) is 0 Å². The molecule has 1 aromatic carbocycles. The van der Waals surface area contributed by atoms with Crippen LogP contribution in [0.25, 0.3) is 0 Å². The highest BCUT2D eigenvalue weighted by molar-refractivity contribution is 5.95. The summed E-state index contributed by atoms with van der Waals surface area (Å²) in [5.74, 6) is -1.06. The van der Waals surface area contributed by atoms with Gasteiger partial charge in [-0.2, -0.15) is 0 Å². The van der Waals surface area contributed by atoms with E-state index in [4.69, 9.17) is 5.11 Å². The molecule has 0 bridgehead atoms. The summed E-state index contributed by atoms with van der Waals surface area (Å²) in [5.41, 5.74) is 2.22. The van der Waals surface area contributed by atoms with E-state index in [1.54, 1.807) is 0 Å². The molecule has 1 saturated carbocycles. The quantitative estimate of drug-likeness (QED) is 0.765. The van der Waals surface area contributed by atoms with Crippen molar-refractivity contribution in [2.75, 3.05) is 18.0 Å². The van der Waals surface area contributed by atoms with Crippen molar-refractivity contribution in [1.82, 2.24) is 5.32 Å². The van der Waals surface area contributed by atoms with Crippen LogP contribution in [0.5, 0.6) is 0 Å². The largest absolute Gasteiger partial charge is 0.481 e. The number of carbonyl (C=O) groups excluding carboxylic acids is 2. The number of nitrogens with one attached hydrogen (secondary N) is 1. The summed E-state index contributed by atoms with van der Waals surface area (Å²) in [6.45, 7) is 1.22. The van der Waals surface area contributed by atoms with Crippen molar-refractivity contribution in [1.29, 1.82) is 0 Å². The number of carbonyl (C=O) groups is 3. The van der Waals surface area contributed by atoms with Crippen molar-refractivity contribution in [2.45, 2.75) is 44.9 Å². The van der Waals surface area contributed by atoms with Crippen molar-refractivity contribution < 1.29 is 19.5 Å². The minimum Gasteiger partial charge on any atom is -0.481 e. The van der Waals surface area contributed by atoms with Gasteiger partial charge in [-0.1, -0.05) is 18.2 Å². The predicted octanol–water partition coefficient (Wildman–Crippen LogP) is 2.36. The average Bonchev–Trinajstić information content (AvgIpc) is 3.09. The van der Waals surface area contributed by atoms with Gasteiger partial charge in [0, 0.05) is 31.1 Å². The van der Waals surface area contributed by atoms with E-state index in [1.807, 2.05) is 23.1 Å². The Morgan fingerprint density at radius 2 is 1.77 bits per heavy atom. The lowest BCUT2D eigenvalue weighted by atomic mass is 9.81. The average molecular weight is 358 g/mol. The monoisotopic (exact) mass is 358 g/mol. The van der Waals surface area contributed by atoms with Gasteiger partial charge in [-0.3, -0.25) is 14.4 Å². The van der Waals surface area contributed by atoms with E-state index in [9.17, 15) is 14.4 Å². The molecule has 26 heavy (non-hydrogen) atoms. The molecule has 1 aliphatic heterocycles. The molecule has 0 atom stereocenters. The third kappa shape index (κ3) is 4.23. The predicted molar refractivity (Wildman–Crippen MR) is 97.8 cm³/mol. The summed E-state index contributed by atoms with van der Waals surface area (Å²) in [5, 5.41) is 11.9. The van der Waals surface area contributed by atoms with Crippen LogP contribution < -0.4 is 10.2 Å². The summed E-state index contributed by atoms with van der Waals surface area (Å²) in [6.07, 6.45) is 4.34. The van der Waals surface area contributed by atoms with E-state index in [0.29, 0.717) is 45.1 Å². The van der Waals surface area contributed by atoms with Crippen LogP contribution in [-0.2, 0) is 20.8 Å². The first kappa shape index (κ1) is 18.4. The zero-order valence-corrected chi connectivity index (χ0v) is 14.9. The first-order valence-electron chi connectivity index (χ1n) is 9.45. The maximum atomic E-state index is 12.4. The van der Waals surface area contributed by atoms with Crippen LogP contribution >= 0.6 is 0 Å². The van der Waals surface area contributed by atoms with Gasteiger partial charge in [-0.15, -0.1) is 0 Å². The summed E-state index contributed by atoms with van der Waals surface area (Å²) >= 11 is 0. The first-order valence-corrected chi connectivity index (χ1v) is 9.45. The number of rotatable bonds is 6. The Kier molecular flexibility index (Phi) is 5.91. The van der Waals surface area contributed by atoms with Gasteiger partial charge in [0.05, 0.1) is 5.92 Å². The number of aliphatic carboxylic acids is 1. The number of para-hydroxylation sites is 1. The molecule has 140 valence electrons. The van der Waals surface area contributed by atoms with Gasteiger partial charge in [0.2, 0.25) is 11.8 Å².